The fourth-order valence-corrected chi connectivity index (χ4v) is 3.56. The second-order valence-electron chi connectivity index (χ2n) is 4.64. The summed E-state index contributed by atoms with van der Waals surface area (Å²) in [6.07, 6.45) is 4.90. The van der Waals surface area contributed by atoms with Gasteiger partial charge < -0.3 is 15.5 Å². The number of hydrogen-bond acceptors (Lipinski definition) is 7. The third kappa shape index (κ3) is 2.30. The Kier molecular flexibility index (Phi) is 3.70. The Balaban J connectivity index is 1.90. The molecule has 0 saturated carbocycles. The lowest BCUT2D eigenvalue weighted by Crippen LogP contribution is -2.18. The predicted octanol–water partition coefficient (Wildman–Crippen LogP) is 2.32. The lowest BCUT2D eigenvalue weighted by atomic mass is 9.94. The molecule has 2 heterocycles. The highest BCUT2D eigenvalue weighted by Crippen LogP contribution is 2.38. The standard InChI is InChI=1S/C13H17N5OS/c1-19-11-12(15-7-16-13(11)18-14)17-9-3-2-4-10-8(9)5-6-20-10/h5-7,9H,2-4,14H2,1H3,(H2,15,16,17,18). The second-order valence-corrected chi connectivity index (χ2v) is 5.64. The summed E-state index contributed by atoms with van der Waals surface area (Å²) >= 11 is 1.82. The first kappa shape index (κ1) is 13.1. The molecule has 106 valence electrons. The molecule has 0 bridgehead atoms. The van der Waals surface area contributed by atoms with Crippen molar-refractivity contribution in [1.82, 2.24) is 9.97 Å². The number of nitrogen functional groups attached to an aromatic ring is 1. The van der Waals surface area contributed by atoms with Gasteiger partial charge in [-0.3, -0.25) is 0 Å². The Labute approximate surface area is 121 Å². The molecule has 0 aliphatic heterocycles. The highest BCUT2D eigenvalue weighted by molar-refractivity contribution is 7.10. The first-order valence-electron chi connectivity index (χ1n) is 6.52. The minimum Gasteiger partial charge on any atom is -0.490 e. The minimum absolute atomic E-state index is 0.263. The Bertz CT molecular complexity index is 600. The van der Waals surface area contributed by atoms with Crippen LogP contribution >= 0.6 is 11.3 Å². The number of nitrogens with one attached hydrogen (secondary N) is 2. The molecule has 0 aromatic carbocycles. The first-order valence-corrected chi connectivity index (χ1v) is 7.40. The van der Waals surface area contributed by atoms with Gasteiger partial charge in [-0.25, -0.2) is 15.8 Å². The molecule has 0 radical (unpaired) electrons. The molecule has 6 nitrogen and oxygen atoms in total. The van der Waals surface area contributed by atoms with Crippen molar-refractivity contribution in [1.29, 1.82) is 0 Å². The molecule has 1 unspecified atom stereocenters. The number of nitrogens with zero attached hydrogens (tertiary/aromatic N) is 2. The zero-order valence-corrected chi connectivity index (χ0v) is 12.0. The first-order chi connectivity index (χ1) is 9.83. The van der Waals surface area contributed by atoms with E-state index in [9.17, 15) is 0 Å². The average Bonchev–Trinajstić information content (AvgIpc) is 2.96. The molecule has 0 amide bonds. The Morgan fingerprint density at radius 2 is 2.25 bits per heavy atom. The van der Waals surface area contributed by atoms with Gasteiger partial charge in [-0.05, 0) is 36.3 Å². The van der Waals surface area contributed by atoms with Crippen molar-refractivity contribution in [3.05, 3.63) is 28.2 Å². The maximum Gasteiger partial charge on any atom is 0.205 e. The van der Waals surface area contributed by atoms with Crippen LogP contribution in [0.25, 0.3) is 0 Å². The van der Waals surface area contributed by atoms with Gasteiger partial charge in [0.1, 0.15) is 6.33 Å². The summed E-state index contributed by atoms with van der Waals surface area (Å²) in [4.78, 5) is 9.77. The SMILES string of the molecule is COc1c(NN)ncnc1NC1CCCc2sccc21. The number of nitrogens with two attached hydrogens (primary N) is 1. The smallest absolute Gasteiger partial charge is 0.205 e. The molecule has 3 rings (SSSR count). The Morgan fingerprint density at radius 3 is 3.05 bits per heavy atom. The van der Waals surface area contributed by atoms with Crippen LogP contribution in [0, 0.1) is 0 Å². The molecule has 20 heavy (non-hydrogen) atoms. The lowest BCUT2D eigenvalue weighted by Gasteiger charge is -2.25. The van der Waals surface area contributed by atoms with E-state index in [4.69, 9.17) is 10.6 Å². The molecule has 1 aliphatic rings. The fourth-order valence-electron chi connectivity index (χ4n) is 2.57. The predicted molar refractivity (Wildman–Crippen MR) is 80.0 cm³/mol. The quantitative estimate of drug-likeness (QED) is 0.592. The summed E-state index contributed by atoms with van der Waals surface area (Å²) in [5, 5.41) is 5.60. The van der Waals surface area contributed by atoms with E-state index in [0.717, 1.165) is 6.42 Å². The van der Waals surface area contributed by atoms with Crippen LogP contribution in [-0.4, -0.2) is 17.1 Å². The molecular weight excluding hydrogens is 274 g/mol. The van der Waals surface area contributed by atoms with Crippen LogP contribution < -0.4 is 21.3 Å². The van der Waals surface area contributed by atoms with E-state index < -0.39 is 0 Å². The zero-order valence-electron chi connectivity index (χ0n) is 11.2. The van der Waals surface area contributed by atoms with E-state index in [-0.39, 0.29) is 6.04 Å². The van der Waals surface area contributed by atoms with Crippen molar-refractivity contribution in [2.75, 3.05) is 17.9 Å². The van der Waals surface area contributed by atoms with Gasteiger partial charge in [-0.2, -0.15) is 0 Å². The fraction of sp³-hybridized carbons (Fsp3) is 0.385. The van der Waals surface area contributed by atoms with Crippen molar-refractivity contribution in [2.45, 2.75) is 25.3 Å². The molecule has 7 heteroatoms. The number of anilines is 2. The molecule has 2 aromatic heterocycles. The number of aryl methyl sites for hydroxylation is 1. The van der Waals surface area contributed by atoms with E-state index in [1.165, 1.54) is 29.6 Å². The van der Waals surface area contributed by atoms with E-state index in [2.05, 4.69) is 32.2 Å². The molecule has 1 aliphatic carbocycles. The van der Waals surface area contributed by atoms with Crippen molar-refractivity contribution in [2.24, 2.45) is 5.84 Å². The summed E-state index contributed by atoms with van der Waals surface area (Å²) in [6.45, 7) is 0. The number of hydrogen-bond donors (Lipinski definition) is 3. The second kappa shape index (κ2) is 5.64. The van der Waals surface area contributed by atoms with E-state index in [0.29, 0.717) is 17.4 Å². The van der Waals surface area contributed by atoms with Crippen LogP contribution in [-0.2, 0) is 6.42 Å². The summed E-state index contributed by atoms with van der Waals surface area (Å²) in [7, 11) is 1.58. The number of methoxy groups -OCH3 is 1. The highest BCUT2D eigenvalue weighted by Gasteiger charge is 2.23. The van der Waals surface area contributed by atoms with Crippen molar-refractivity contribution in [3.63, 3.8) is 0 Å². The Hall–Kier alpha value is -1.86. The maximum atomic E-state index is 5.44. The number of rotatable bonds is 4. The van der Waals surface area contributed by atoms with Crippen LogP contribution in [0.5, 0.6) is 5.75 Å². The van der Waals surface area contributed by atoms with Crippen LogP contribution in [0.4, 0.5) is 11.6 Å². The molecule has 2 aromatic rings. The monoisotopic (exact) mass is 291 g/mol. The number of ether oxygens (including phenoxy) is 1. The number of hydrazine groups is 1. The van der Waals surface area contributed by atoms with E-state index in [1.807, 2.05) is 11.3 Å². The molecule has 0 saturated heterocycles. The van der Waals surface area contributed by atoms with Gasteiger partial charge in [0, 0.05) is 4.88 Å². The van der Waals surface area contributed by atoms with Gasteiger partial charge >= 0.3 is 0 Å². The number of fused-ring (bicyclic) bond motifs is 1. The topological polar surface area (TPSA) is 85.1 Å². The van der Waals surface area contributed by atoms with Gasteiger partial charge in [-0.15, -0.1) is 11.3 Å². The van der Waals surface area contributed by atoms with Crippen LogP contribution in [0.15, 0.2) is 17.8 Å². The van der Waals surface area contributed by atoms with Gasteiger partial charge in [0.05, 0.1) is 13.2 Å². The molecule has 0 fully saturated rings. The zero-order chi connectivity index (χ0) is 13.9. The summed E-state index contributed by atoms with van der Waals surface area (Å²) in [5.41, 5.74) is 3.89. The molecular formula is C13H17N5OS. The number of aromatic nitrogens is 2. The van der Waals surface area contributed by atoms with E-state index in [1.54, 1.807) is 7.11 Å². The summed E-state index contributed by atoms with van der Waals surface area (Å²) in [6, 6.07) is 2.45. The van der Waals surface area contributed by atoms with Gasteiger partial charge in [-0.1, -0.05) is 0 Å². The largest absolute Gasteiger partial charge is 0.490 e. The Morgan fingerprint density at radius 1 is 1.40 bits per heavy atom. The molecule has 1 atom stereocenters. The van der Waals surface area contributed by atoms with Gasteiger partial charge in [0.25, 0.3) is 0 Å². The molecule has 4 N–H and O–H groups in total. The average molecular weight is 291 g/mol. The van der Waals surface area contributed by atoms with Crippen molar-refractivity contribution in [3.8, 4) is 5.75 Å². The van der Waals surface area contributed by atoms with Crippen LogP contribution in [0.1, 0.15) is 29.3 Å². The molecule has 0 spiro atoms. The lowest BCUT2D eigenvalue weighted by molar-refractivity contribution is 0.413. The highest BCUT2D eigenvalue weighted by atomic mass is 32.1. The maximum absolute atomic E-state index is 5.44. The third-order valence-corrected chi connectivity index (χ3v) is 4.50. The van der Waals surface area contributed by atoms with Crippen molar-refractivity contribution < 1.29 is 4.74 Å². The third-order valence-electron chi connectivity index (χ3n) is 3.51. The van der Waals surface area contributed by atoms with Gasteiger partial charge in [0.15, 0.2) is 11.6 Å². The number of thiophene rings is 1. The van der Waals surface area contributed by atoms with Gasteiger partial charge in [0.2, 0.25) is 5.75 Å². The van der Waals surface area contributed by atoms with Crippen LogP contribution in [0.3, 0.4) is 0 Å². The summed E-state index contributed by atoms with van der Waals surface area (Å²) in [5.74, 6) is 7.13. The summed E-state index contributed by atoms with van der Waals surface area (Å²) < 4.78 is 5.35. The normalized spacial score (nSPS) is 17.4. The van der Waals surface area contributed by atoms with Crippen LogP contribution in [0.2, 0.25) is 0 Å². The minimum atomic E-state index is 0.263. The van der Waals surface area contributed by atoms with Crippen molar-refractivity contribution >= 4 is 23.0 Å². The van der Waals surface area contributed by atoms with E-state index >= 15 is 0 Å².